The highest BCUT2D eigenvalue weighted by molar-refractivity contribution is 5.82. The summed E-state index contributed by atoms with van der Waals surface area (Å²) in [4.78, 5) is 11.8. The van der Waals surface area contributed by atoms with Crippen LogP contribution in [0.1, 0.15) is 36.5 Å². The summed E-state index contributed by atoms with van der Waals surface area (Å²) in [6, 6.07) is 15.6. The van der Waals surface area contributed by atoms with Gasteiger partial charge in [-0.2, -0.15) is 5.10 Å². The predicted octanol–water partition coefficient (Wildman–Crippen LogP) is 3.65. The van der Waals surface area contributed by atoms with E-state index in [2.05, 4.69) is 24.4 Å². The number of ether oxygens (including phenoxy) is 1. The van der Waals surface area contributed by atoms with Crippen molar-refractivity contribution in [2.75, 3.05) is 6.61 Å². The lowest BCUT2D eigenvalue weighted by Crippen LogP contribution is -2.25. The molecule has 2 aromatic carbocycles. The summed E-state index contributed by atoms with van der Waals surface area (Å²) < 4.78 is 5.66. The van der Waals surface area contributed by atoms with Crippen molar-refractivity contribution in [1.82, 2.24) is 5.43 Å². The first-order chi connectivity index (χ1) is 11.1. The van der Waals surface area contributed by atoms with Crippen molar-refractivity contribution in [3.05, 3.63) is 65.2 Å². The van der Waals surface area contributed by atoms with Crippen LogP contribution in [0, 0.1) is 6.92 Å². The zero-order valence-corrected chi connectivity index (χ0v) is 13.7. The van der Waals surface area contributed by atoms with Crippen LogP contribution in [0.4, 0.5) is 0 Å². The Bertz CT molecular complexity index is 679. The fourth-order valence-electron chi connectivity index (χ4n) is 2.14. The first-order valence-corrected chi connectivity index (χ1v) is 7.66. The molecule has 1 N–H and O–H groups in total. The predicted molar refractivity (Wildman–Crippen MR) is 92.9 cm³/mol. The van der Waals surface area contributed by atoms with Gasteiger partial charge in [0.1, 0.15) is 5.75 Å². The Hall–Kier alpha value is -2.62. The number of aryl methyl sites for hydroxylation is 1. The normalized spacial score (nSPS) is 11.0. The van der Waals surface area contributed by atoms with E-state index in [4.69, 9.17) is 4.74 Å². The van der Waals surface area contributed by atoms with Crippen molar-refractivity contribution in [3.8, 4) is 5.75 Å². The second kappa shape index (κ2) is 8.13. The number of rotatable bonds is 6. The van der Waals surface area contributed by atoms with E-state index < -0.39 is 0 Å². The molecule has 0 saturated heterocycles. The maximum absolute atomic E-state index is 11.8. The Morgan fingerprint density at radius 1 is 1.22 bits per heavy atom. The van der Waals surface area contributed by atoms with E-state index in [1.54, 1.807) is 6.21 Å². The summed E-state index contributed by atoms with van der Waals surface area (Å²) in [5.74, 6) is 0.806. The molecule has 1 amide bonds. The van der Waals surface area contributed by atoms with Crippen LogP contribution in [-0.2, 0) is 4.79 Å². The van der Waals surface area contributed by atoms with Crippen molar-refractivity contribution in [3.63, 3.8) is 0 Å². The van der Waals surface area contributed by atoms with Gasteiger partial charge in [-0.05, 0) is 35.6 Å². The lowest BCUT2D eigenvalue weighted by molar-refractivity contribution is -0.123. The zero-order chi connectivity index (χ0) is 16.7. The largest absolute Gasteiger partial charge is 0.483 e. The van der Waals surface area contributed by atoms with Crippen LogP contribution < -0.4 is 10.2 Å². The molecular weight excluding hydrogens is 288 g/mol. The summed E-state index contributed by atoms with van der Waals surface area (Å²) in [7, 11) is 0. The fraction of sp³-hybridized carbons (Fsp3) is 0.263. The van der Waals surface area contributed by atoms with Crippen molar-refractivity contribution in [2.24, 2.45) is 5.10 Å². The first kappa shape index (κ1) is 16.7. The number of benzene rings is 2. The van der Waals surface area contributed by atoms with E-state index >= 15 is 0 Å². The highest BCUT2D eigenvalue weighted by atomic mass is 16.5. The Morgan fingerprint density at radius 3 is 2.65 bits per heavy atom. The molecule has 2 rings (SSSR count). The van der Waals surface area contributed by atoms with E-state index in [0.29, 0.717) is 5.92 Å². The summed E-state index contributed by atoms with van der Waals surface area (Å²) in [6.45, 7) is 6.14. The van der Waals surface area contributed by atoms with E-state index in [0.717, 1.165) is 22.4 Å². The Kier molecular flexibility index (Phi) is 5.92. The number of hydrazone groups is 1. The zero-order valence-electron chi connectivity index (χ0n) is 13.7. The molecule has 0 fully saturated rings. The van der Waals surface area contributed by atoms with Crippen molar-refractivity contribution in [2.45, 2.75) is 26.7 Å². The van der Waals surface area contributed by atoms with Gasteiger partial charge in [-0.3, -0.25) is 4.79 Å². The molecule has 0 spiro atoms. The molecule has 0 aliphatic heterocycles. The Labute approximate surface area is 137 Å². The number of hydrogen-bond donors (Lipinski definition) is 1. The van der Waals surface area contributed by atoms with Gasteiger partial charge >= 0.3 is 0 Å². The maximum atomic E-state index is 11.8. The second-order valence-electron chi connectivity index (χ2n) is 5.69. The SMILES string of the molecule is Cc1ccc(C(C)C)c(OCC(=O)N/N=C/c2ccccc2)c1. The van der Waals surface area contributed by atoms with Gasteiger partial charge in [-0.15, -0.1) is 0 Å². The molecule has 0 saturated carbocycles. The third kappa shape index (κ3) is 5.25. The standard InChI is InChI=1S/C19H22N2O2/c1-14(2)17-10-9-15(3)11-18(17)23-13-19(22)21-20-12-16-7-5-4-6-8-16/h4-12,14H,13H2,1-3H3,(H,21,22)/b20-12+. The van der Waals surface area contributed by atoms with Crippen LogP contribution >= 0.6 is 0 Å². The lowest BCUT2D eigenvalue weighted by atomic mass is 10.0. The van der Waals surface area contributed by atoms with Crippen molar-refractivity contribution >= 4 is 12.1 Å². The van der Waals surface area contributed by atoms with E-state index in [1.807, 2.05) is 55.5 Å². The molecule has 0 atom stereocenters. The van der Waals surface area contributed by atoms with Gasteiger partial charge in [0.25, 0.3) is 5.91 Å². The molecule has 0 aliphatic rings. The number of hydrogen-bond acceptors (Lipinski definition) is 3. The van der Waals surface area contributed by atoms with Crippen LogP contribution in [0.25, 0.3) is 0 Å². The van der Waals surface area contributed by atoms with Gasteiger partial charge in [-0.25, -0.2) is 5.43 Å². The molecular formula is C19H22N2O2. The van der Waals surface area contributed by atoms with E-state index in [-0.39, 0.29) is 12.5 Å². The minimum absolute atomic E-state index is 0.0602. The summed E-state index contributed by atoms with van der Waals surface area (Å²) >= 11 is 0. The second-order valence-corrected chi connectivity index (χ2v) is 5.69. The number of nitrogens with zero attached hydrogens (tertiary/aromatic N) is 1. The third-order valence-electron chi connectivity index (χ3n) is 3.35. The van der Waals surface area contributed by atoms with Gasteiger partial charge in [0.2, 0.25) is 0 Å². The van der Waals surface area contributed by atoms with Crippen LogP contribution in [-0.4, -0.2) is 18.7 Å². The van der Waals surface area contributed by atoms with Crippen LogP contribution in [0.2, 0.25) is 0 Å². The molecule has 0 heterocycles. The quantitative estimate of drug-likeness (QED) is 0.654. The van der Waals surface area contributed by atoms with Crippen molar-refractivity contribution < 1.29 is 9.53 Å². The van der Waals surface area contributed by atoms with Gasteiger partial charge in [0, 0.05) is 0 Å². The molecule has 0 bridgehead atoms. The van der Waals surface area contributed by atoms with Crippen LogP contribution in [0.3, 0.4) is 0 Å². The molecule has 23 heavy (non-hydrogen) atoms. The topological polar surface area (TPSA) is 50.7 Å². The average Bonchev–Trinajstić information content (AvgIpc) is 2.53. The Morgan fingerprint density at radius 2 is 1.96 bits per heavy atom. The van der Waals surface area contributed by atoms with Gasteiger partial charge in [-0.1, -0.05) is 56.3 Å². The minimum Gasteiger partial charge on any atom is -0.483 e. The number of carbonyl (C=O) groups is 1. The number of carbonyl (C=O) groups excluding carboxylic acids is 1. The molecule has 4 heteroatoms. The highest BCUT2D eigenvalue weighted by Gasteiger charge is 2.09. The molecule has 0 aromatic heterocycles. The van der Waals surface area contributed by atoms with Crippen molar-refractivity contribution in [1.29, 1.82) is 0 Å². The molecule has 2 aromatic rings. The third-order valence-corrected chi connectivity index (χ3v) is 3.35. The molecule has 0 radical (unpaired) electrons. The smallest absolute Gasteiger partial charge is 0.277 e. The van der Waals surface area contributed by atoms with Gasteiger partial charge in [0.15, 0.2) is 6.61 Å². The number of nitrogens with one attached hydrogen (secondary N) is 1. The highest BCUT2D eigenvalue weighted by Crippen LogP contribution is 2.27. The molecule has 0 aliphatic carbocycles. The molecule has 120 valence electrons. The van der Waals surface area contributed by atoms with E-state index in [9.17, 15) is 4.79 Å². The first-order valence-electron chi connectivity index (χ1n) is 7.66. The van der Waals surface area contributed by atoms with Gasteiger partial charge in [0.05, 0.1) is 6.21 Å². The minimum atomic E-state index is -0.284. The van der Waals surface area contributed by atoms with Gasteiger partial charge < -0.3 is 4.74 Å². The summed E-state index contributed by atoms with van der Waals surface area (Å²) in [5, 5.41) is 3.92. The summed E-state index contributed by atoms with van der Waals surface area (Å²) in [5.41, 5.74) is 5.59. The average molecular weight is 310 g/mol. The van der Waals surface area contributed by atoms with Crippen LogP contribution in [0.5, 0.6) is 5.75 Å². The van der Waals surface area contributed by atoms with E-state index in [1.165, 1.54) is 0 Å². The monoisotopic (exact) mass is 310 g/mol. The number of amides is 1. The maximum Gasteiger partial charge on any atom is 0.277 e. The lowest BCUT2D eigenvalue weighted by Gasteiger charge is -2.14. The fourth-order valence-corrected chi connectivity index (χ4v) is 2.14. The summed E-state index contributed by atoms with van der Waals surface area (Å²) in [6.07, 6.45) is 1.60. The Balaban J connectivity index is 1.90. The van der Waals surface area contributed by atoms with Crippen LogP contribution in [0.15, 0.2) is 53.6 Å². The molecule has 4 nitrogen and oxygen atoms in total. The molecule has 0 unspecified atom stereocenters.